The number of halogens is 3. The number of esters is 1. The first-order valence-corrected chi connectivity index (χ1v) is 10.7. The molecule has 1 unspecified atom stereocenters. The normalized spacial score (nSPS) is 12.4. The number of aromatic nitrogens is 2. The molecule has 1 aromatic heterocycles. The van der Waals surface area contributed by atoms with E-state index in [9.17, 15) is 22.8 Å². The van der Waals surface area contributed by atoms with E-state index in [1.54, 1.807) is 6.07 Å². The van der Waals surface area contributed by atoms with E-state index in [1.165, 1.54) is 19.2 Å². The molecule has 0 spiro atoms. The molecule has 1 heterocycles. The van der Waals surface area contributed by atoms with Gasteiger partial charge in [0.05, 0.1) is 12.7 Å². The minimum Gasteiger partial charge on any atom is -0.496 e. The SMILES string of the molecule is CCN(CC)CCCNc1nnc(-c2ccc(NC(=O)C(C)OC(=O)C(F)(F)F)cc2OC)o1. The number of hydrogen-bond donors (Lipinski definition) is 2. The van der Waals surface area contributed by atoms with Gasteiger partial charge in [0.15, 0.2) is 6.10 Å². The third-order valence-corrected chi connectivity index (χ3v) is 4.83. The maximum Gasteiger partial charge on any atom is 0.490 e. The van der Waals surface area contributed by atoms with Crippen LogP contribution in [-0.2, 0) is 14.3 Å². The molecule has 188 valence electrons. The number of alkyl halides is 3. The van der Waals surface area contributed by atoms with Gasteiger partial charge < -0.3 is 29.4 Å². The zero-order chi connectivity index (χ0) is 25.3. The molecular weight excluding hydrogens is 459 g/mol. The first-order valence-electron chi connectivity index (χ1n) is 10.7. The van der Waals surface area contributed by atoms with Gasteiger partial charge in [-0.3, -0.25) is 4.79 Å². The predicted octanol–water partition coefficient (Wildman–Crippen LogP) is 3.32. The van der Waals surface area contributed by atoms with Crippen molar-refractivity contribution >= 4 is 23.6 Å². The van der Waals surface area contributed by atoms with E-state index in [2.05, 4.69) is 44.3 Å². The summed E-state index contributed by atoms with van der Waals surface area (Å²) in [6.45, 7) is 8.79. The highest BCUT2D eigenvalue weighted by Crippen LogP contribution is 2.32. The zero-order valence-electron chi connectivity index (χ0n) is 19.4. The van der Waals surface area contributed by atoms with Crippen LogP contribution in [0.3, 0.4) is 0 Å². The van der Waals surface area contributed by atoms with Crippen molar-refractivity contribution in [2.75, 3.05) is 43.9 Å². The maximum absolute atomic E-state index is 12.3. The molecule has 2 rings (SSSR count). The molecular formula is C21H28F3N5O5. The molecule has 1 atom stereocenters. The minimum absolute atomic E-state index is 0.174. The Bertz CT molecular complexity index is 963. The molecule has 1 aromatic carbocycles. The fourth-order valence-corrected chi connectivity index (χ4v) is 2.91. The summed E-state index contributed by atoms with van der Waals surface area (Å²) in [5.41, 5.74) is 0.649. The molecule has 0 saturated heterocycles. The standard InChI is InChI=1S/C21H28F3N5O5/c1-5-29(6-2)11-7-10-25-20-28-27-18(34-20)15-9-8-14(12-16(15)32-4)26-17(30)13(3)33-19(31)21(22,23)24/h8-9,12-13H,5-7,10-11H2,1-4H3,(H,25,28)(H,26,30). The molecule has 0 saturated carbocycles. The van der Waals surface area contributed by atoms with Gasteiger partial charge in [-0.15, -0.1) is 5.10 Å². The smallest absolute Gasteiger partial charge is 0.490 e. The maximum atomic E-state index is 12.3. The second kappa shape index (κ2) is 12.2. The Balaban J connectivity index is 2.00. The van der Waals surface area contributed by atoms with E-state index in [1.807, 2.05) is 0 Å². The third-order valence-electron chi connectivity index (χ3n) is 4.83. The van der Waals surface area contributed by atoms with Crippen LogP contribution in [0, 0.1) is 0 Å². The van der Waals surface area contributed by atoms with Crippen LogP contribution >= 0.6 is 0 Å². The molecule has 2 aromatic rings. The molecule has 10 nitrogen and oxygen atoms in total. The Kier molecular flexibility index (Phi) is 9.66. The van der Waals surface area contributed by atoms with Crippen LogP contribution < -0.4 is 15.4 Å². The third kappa shape index (κ3) is 7.61. The number of nitrogens with zero attached hydrogens (tertiary/aromatic N) is 3. The summed E-state index contributed by atoms with van der Waals surface area (Å²) >= 11 is 0. The van der Waals surface area contributed by atoms with Crippen molar-refractivity contribution in [1.82, 2.24) is 15.1 Å². The summed E-state index contributed by atoms with van der Waals surface area (Å²) in [5, 5.41) is 13.4. The summed E-state index contributed by atoms with van der Waals surface area (Å²) in [6, 6.07) is 4.68. The van der Waals surface area contributed by atoms with Crippen LogP contribution in [0.4, 0.5) is 24.9 Å². The van der Waals surface area contributed by atoms with Crippen molar-refractivity contribution < 1.29 is 36.7 Å². The first kappa shape index (κ1) is 26.9. The number of carbonyl (C=O) groups excluding carboxylic acids is 2. The van der Waals surface area contributed by atoms with Crippen LogP contribution in [0.5, 0.6) is 5.75 Å². The van der Waals surface area contributed by atoms with E-state index in [0.29, 0.717) is 12.1 Å². The van der Waals surface area contributed by atoms with E-state index in [0.717, 1.165) is 33.0 Å². The molecule has 0 aliphatic heterocycles. The van der Waals surface area contributed by atoms with Gasteiger partial charge in [-0.25, -0.2) is 4.79 Å². The van der Waals surface area contributed by atoms with Gasteiger partial charge >= 0.3 is 18.2 Å². The molecule has 0 aliphatic rings. The van der Waals surface area contributed by atoms with E-state index >= 15 is 0 Å². The second-order valence-corrected chi connectivity index (χ2v) is 7.17. The van der Waals surface area contributed by atoms with Crippen LogP contribution in [0.1, 0.15) is 27.2 Å². The molecule has 0 aliphatic carbocycles. The van der Waals surface area contributed by atoms with Gasteiger partial charge in [-0.2, -0.15) is 13.2 Å². The van der Waals surface area contributed by atoms with Gasteiger partial charge in [0, 0.05) is 18.3 Å². The largest absolute Gasteiger partial charge is 0.496 e. The summed E-state index contributed by atoms with van der Waals surface area (Å²) in [4.78, 5) is 25.3. The van der Waals surface area contributed by atoms with E-state index < -0.39 is 24.2 Å². The van der Waals surface area contributed by atoms with Gasteiger partial charge in [0.25, 0.3) is 11.8 Å². The van der Waals surface area contributed by atoms with Crippen molar-refractivity contribution in [3.8, 4) is 17.2 Å². The summed E-state index contributed by atoms with van der Waals surface area (Å²) < 4.78 is 52.0. The zero-order valence-corrected chi connectivity index (χ0v) is 19.4. The summed E-state index contributed by atoms with van der Waals surface area (Å²) in [7, 11) is 1.39. The quantitative estimate of drug-likeness (QED) is 0.343. The van der Waals surface area contributed by atoms with Gasteiger partial charge in [-0.05, 0) is 45.1 Å². The van der Waals surface area contributed by atoms with Crippen LogP contribution in [-0.4, -0.2) is 72.5 Å². The summed E-state index contributed by atoms with van der Waals surface area (Å²) in [6.07, 6.45) is -5.96. The highest BCUT2D eigenvalue weighted by atomic mass is 19.4. The number of amides is 1. The number of anilines is 2. The average Bonchev–Trinajstić information content (AvgIpc) is 3.27. The lowest BCUT2D eigenvalue weighted by Crippen LogP contribution is -2.35. The number of ether oxygens (including phenoxy) is 2. The number of nitrogens with one attached hydrogen (secondary N) is 2. The number of rotatable bonds is 12. The Morgan fingerprint density at radius 2 is 1.91 bits per heavy atom. The Morgan fingerprint density at radius 3 is 2.53 bits per heavy atom. The Morgan fingerprint density at radius 1 is 1.21 bits per heavy atom. The molecule has 0 radical (unpaired) electrons. The lowest BCUT2D eigenvalue weighted by molar-refractivity contribution is -0.204. The lowest BCUT2D eigenvalue weighted by atomic mass is 10.1. The van der Waals surface area contributed by atoms with E-state index in [4.69, 9.17) is 9.15 Å². The van der Waals surface area contributed by atoms with Crippen LogP contribution in [0.2, 0.25) is 0 Å². The van der Waals surface area contributed by atoms with Crippen molar-refractivity contribution in [3.05, 3.63) is 18.2 Å². The molecule has 0 bridgehead atoms. The van der Waals surface area contributed by atoms with Gasteiger partial charge in [-0.1, -0.05) is 18.9 Å². The fraction of sp³-hybridized carbons (Fsp3) is 0.524. The minimum atomic E-state index is -5.19. The van der Waals surface area contributed by atoms with Gasteiger partial charge in [0.1, 0.15) is 5.75 Å². The van der Waals surface area contributed by atoms with Crippen molar-refractivity contribution in [2.45, 2.75) is 39.5 Å². The Labute approximate surface area is 194 Å². The molecule has 1 amide bonds. The summed E-state index contributed by atoms with van der Waals surface area (Å²) in [5.74, 6) is -2.94. The number of methoxy groups -OCH3 is 1. The number of benzene rings is 1. The molecule has 13 heteroatoms. The molecule has 0 fully saturated rings. The predicted molar refractivity (Wildman–Crippen MR) is 117 cm³/mol. The van der Waals surface area contributed by atoms with Crippen LogP contribution in [0.15, 0.2) is 22.6 Å². The van der Waals surface area contributed by atoms with Crippen molar-refractivity contribution in [3.63, 3.8) is 0 Å². The number of hydrogen-bond acceptors (Lipinski definition) is 9. The highest BCUT2D eigenvalue weighted by Gasteiger charge is 2.42. The monoisotopic (exact) mass is 487 g/mol. The van der Waals surface area contributed by atoms with E-state index in [-0.39, 0.29) is 23.3 Å². The van der Waals surface area contributed by atoms with Crippen LogP contribution in [0.25, 0.3) is 11.5 Å². The topological polar surface area (TPSA) is 119 Å². The number of carbonyl (C=O) groups is 2. The van der Waals surface area contributed by atoms with Gasteiger partial charge in [0.2, 0.25) is 0 Å². The van der Waals surface area contributed by atoms with Crippen molar-refractivity contribution in [2.24, 2.45) is 0 Å². The lowest BCUT2D eigenvalue weighted by Gasteiger charge is -2.17. The molecule has 34 heavy (non-hydrogen) atoms. The fourth-order valence-electron chi connectivity index (χ4n) is 2.91. The van der Waals surface area contributed by atoms with Crippen molar-refractivity contribution in [1.29, 1.82) is 0 Å². The Hall–Kier alpha value is -3.35. The first-order chi connectivity index (χ1) is 16.1. The highest BCUT2D eigenvalue weighted by molar-refractivity contribution is 5.95. The molecule has 2 N–H and O–H groups in total. The average molecular weight is 487 g/mol. The second-order valence-electron chi connectivity index (χ2n) is 7.17.